The van der Waals surface area contributed by atoms with E-state index >= 15 is 0 Å². The molecule has 0 bridgehead atoms. The number of aromatic nitrogens is 4. The van der Waals surface area contributed by atoms with Crippen LogP contribution in [0.5, 0.6) is 0 Å². The molecule has 0 atom stereocenters. The second-order valence-corrected chi connectivity index (χ2v) is 8.09. The van der Waals surface area contributed by atoms with E-state index in [4.69, 9.17) is 5.10 Å². The molecule has 2 aliphatic rings. The predicted molar refractivity (Wildman–Crippen MR) is 106 cm³/mol. The maximum Gasteiger partial charge on any atom is 0.416 e. The van der Waals surface area contributed by atoms with Crippen LogP contribution in [0.4, 0.5) is 19.0 Å². The first-order chi connectivity index (χ1) is 14.5. The first-order valence-electron chi connectivity index (χ1n) is 10.1. The smallest absolute Gasteiger partial charge is 0.350 e. The van der Waals surface area contributed by atoms with Crippen molar-refractivity contribution >= 4 is 22.2 Å². The van der Waals surface area contributed by atoms with Crippen molar-refractivity contribution in [3.63, 3.8) is 0 Å². The van der Waals surface area contributed by atoms with Crippen molar-refractivity contribution in [3.05, 3.63) is 65.0 Å². The minimum Gasteiger partial charge on any atom is -0.350 e. The summed E-state index contributed by atoms with van der Waals surface area (Å²) in [5.74, 6) is 2.02. The number of halogens is 3. The van der Waals surface area contributed by atoms with Gasteiger partial charge in [0.1, 0.15) is 0 Å². The quantitative estimate of drug-likeness (QED) is 0.480. The number of anilines is 1. The number of hydrogen-bond donors (Lipinski definition) is 0. The maximum absolute atomic E-state index is 13.2. The lowest BCUT2D eigenvalue weighted by Crippen LogP contribution is -2.32. The monoisotopic (exact) mass is 409 g/mol. The summed E-state index contributed by atoms with van der Waals surface area (Å²) in [6.07, 6.45) is -1.49. The van der Waals surface area contributed by atoms with Crippen molar-refractivity contribution in [1.82, 2.24) is 19.8 Å². The molecule has 0 amide bonds. The number of fused-ring (bicyclic) bond motifs is 4. The van der Waals surface area contributed by atoms with E-state index in [0.717, 1.165) is 46.5 Å². The van der Waals surface area contributed by atoms with Crippen LogP contribution in [-0.4, -0.2) is 26.4 Å². The average molecular weight is 409 g/mol. The molecule has 6 rings (SSSR count). The Kier molecular flexibility index (Phi) is 3.63. The molecule has 2 aromatic carbocycles. The van der Waals surface area contributed by atoms with Gasteiger partial charge in [0.25, 0.3) is 0 Å². The van der Waals surface area contributed by atoms with Crippen LogP contribution in [-0.2, 0) is 19.1 Å². The van der Waals surface area contributed by atoms with Crippen molar-refractivity contribution in [1.29, 1.82) is 0 Å². The molecule has 1 aliphatic heterocycles. The fraction of sp³-hybridized carbons (Fsp3) is 0.318. The Morgan fingerprint density at radius 1 is 0.933 bits per heavy atom. The van der Waals surface area contributed by atoms with E-state index in [-0.39, 0.29) is 0 Å². The van der Waals surface area contributed by atoms with Gasteiger partial charge >= 0.3 is 6.18 Å². The van der Waals surface area contributed by atoms with Crippen molar-refractivity contribution in [2.45, 2.75) is 37.9 Å². The van der Waals surface area contributed by atoms with Gasteiger partial charge < -0.3 is 4.90 Å². The molecule has 152 valence electrons. The SMILES string of the molecule is FC(F)(F)c1ccc2c(c1)CN(c1nn3c(C4CC4)nnc3c3ccccc13)CC2. The highest BCUT2D eigenvalue weighted by Gasteiger charge is 2.33. The Hall–Kier alpha value is -3.16. The lowest BCUT2D eigenvalue weighted by atomic mass is 9.97. The lowest BCUT2D eigenvalue weighted by molar-refractivity contribution is -0.137. The highest BCUT2D eigenvalue weighted by atomic mass is 19.4. The van der Waals surface area contributed by atoms with Gasteiger partial charge in [-0.05, 0) is 42.5 Å². The Labute approximate surface area is 170 Å². The molecule has 8 heteroatoms. The fourth-order valence-electron chi connectivity index (χ4n) is 4.32. The zero-order valence-corrected chi connectivity index (χ0v) is 16.0. The molecule has 0 unspecified atom stereocenters. The molecule has 0 radical (unpaired) electrons. The summed E-state index contributed by atoms with van der Waals surface area (Å²) in [7, 11) is 0. The maximum atomic E-state index is 13.2. The number of nitrogens with zero attached hydrogens (tertiary/aromatic N) is 5. The lowest BCUT2D eigenvalue weighted by Gasteiger charge is -2.31. The first-order valence-corrected chi connectivity index (χ1v) is 10.1. The Balaban J connectivity index is 1.49. The standard InChI is InChI=1S/C22H18F3N5/c23-22(24,25)16-8-7-13-9-10-29(12-15(13)11-16)21-18-4-2-1-3-17(18)20-27-26-19(14-5-6-14)30(20)28-21/h1-4,7-8,11,14H,5-6,9-10,12H2. The van der Waals surface area contributed by atoms with Gasteiger partial charge in [0, 0.05) is 29.8 Å². The highest BCUT2D eigenvalue weighted by molar-refractivity contribution is 6.00. The van der Waals surface area contributed by atoms with Crippen LogP contribution in [0.1, 0.15) is 41.3 Å². The molecule has 0 N–H and O–H groups in total. The molecule has 4 aromatic rings. The predicted octanol–water partition coefficient (Wildman–Crippen LogP) is 4.74. The Bertz CT molecular complexity index is 1290. The van der Waals surface area contributed by atoms with E-state index in [2.05, 4.69) is 15.1 Å². The van der Waals surface area contributed by atoms with Crippen LogP contribution in [0.25, 0.3) is 16.4 Å². The van der Waals surface area contributed by atoms with E-state index in [1.54, 1.807) is 6.07 Å². The minimum absolute atomic E-state index is 0.387. The number of benzene rings is 2. The van der Waals surface area contributed by atoms with Gasteiger partial charge in [0.05, 0.1) is 5.56 Å². The van der Waals surface area contributed by atoms with Gasteiger partial charge in [-0.3, -0.25) is 0 Å². The van der Waals surface area contributed by atoms with Crippen LogP contribution in [0.2, 0.25) is 0 Å². The van der Waals surface area contributed by atoms with Crippen molar-refractivity contribution in [2.75, 3.05) is 11.4 Å². The van der Waals surface area contributed by atoms with Crippen LogP contribution in [0.3, 0.4) is 0 Å². The third kappa shape index (κ3) is 2.74. The van der Waals surface area contributed by atoms with E-state index in [1.807, 2.05) is 28.8 Å². The first kappa shape index (κ1) is 17.7. The summed E-state index contributed by atoms with van der Waals surface area (Å²) in [4.78, 5) is 2.07. The highest BCUT2D eigenvalue weighted by Crippen LogP contribution is 2.40. The van der Waals surface area contributed by atoms with Gasteiger partial charge in [-0.2, -0.15) is 17.7 Å². The van der Waals surface area contributed by atoms with E-state index < -0.39 is 11.7 Å². The van der Waals surface area contributed by atoms with Crippen LogP contribution in [0.15, 0.2) is 42.5 Å². The number of hydrogen-bond acceptors (Lipinski definition) is 4. The van der Waals surface area contributed by atoms with E-state index in [0.29, 0.717) is 31.0 Å². The molecule has 0 saturated heterocycles. The largest absolute Gasteiger partial charge is 0.416 e. The molecule has 1 aliphatic carbocycles. The van der Waals surface area contributed by atoms with Gasteiger partial charge in [0.2, 0.25) is 0 Å². The Morgan fingerprint density at radius 3 is 2.50 bits per heavy atom. The van der Waals surface area contributed by atoms with Crippen molar-refractivity contribution < 1.29 is 13.2 Å². The summed E-state index contributed by atoms with van der Waals surface area (Å²) >= 11 is 0. The van der Waals surface area contributed by atoms with Crippen molar-refractivity contribution in [3.8, 4) is 0 Å². The molecule has 1 fully saturated rings. The topological polar surface area (TPSA) is 46.3 Å². The molecule has 2 aromatic heterocycles. The zero-order valence-electron chi connectivity index (χ0n) is 16.0. The fourth-order valence-corrected chi connectivity index (χ4v) is 4.32. The van der Waals surface area contributed by atoms with E-state index in [1.165, 1.54) is 12.1 Å². The number of alkyl halides is 3. The van der Waals surface area contributed by atoms with E-state index in [9.17, 15) is 13.2 Å². The minimum atomic E-state index is -4.34. The third-order valence-electron chi connectivity index (χ3n) is 6.06. The van der Waals surface area contributed by atoms with Crippen LogP contribution in [0, 0.1) is 0 Å². The third-order valence-corrected chi connectivity index (χ3v) is 6.06. The average Bonchev–Trinajstić information content (AvgIpc) is 3.50. The van der Waals surface area contributed by atoms with Crippen molar-refractivity contribution in [2.24, 2.45) is 0 Å². The molecule has 3 heterocycles. The second kappa shape index (κ2) is 6.17. The molecule has 5 nitrogen and oxygen atoms in total. The zero-order chi connectivity index (χ0) is 20.5. The molecular formula is C22H18F3N5. The van der Waals surface area contributed by atoms with Gasteiger partial charge in [0.15, 0.2) is 17.3 Å². The van der Waals surface area contributed by atoms with Crippen LogP contribution >= 0.6 is 0 Å². The van der Waals surface area contributed by atoms with Crippen LogP contribution < -0.4 is 4.90 Å². The number of rotatable bonds is 2. The Morgan fingerprint density at radius 2 is 1.73 bits per heavy atom. The normalized spacial score (nSPS) is 17.0. The molecular weight excluding hydrogens is 391 g/mol. The summed E-state index contributed by atoms with van der Waals surface area (Å²) < 4.78 is 41.5. The molecule has 30 heavy (non-hydrogen) atoms. The summed E-state index contributed by atoms with van der Waals surface area (Å²) in [6, 6.07) is 11.9. The van der Waals surface area contributed by atoms with Gasteiger partial charge in [-0.25, -0.2) is 0 Å². The summed E-state index contributed by atoms with van der Waals surface area (Å²) in [6.45, 7) is 1.09. The molecule has 0 spiro atoms. The van der Waals surface area contributed by atoms with Gasteiger partial charge in [-0.1, -0.05) is 30.3 Å². The second-order valence-electron chi connectivity index (χ2n) is 8.09. The molecule has 1 saturated carbocycles. The van der Waals surface area contributed by atoms with Gasteiger partial charge in [-0.15, -0.1) is 15.3 Å². The summed E-state index contributed by atoms with van der Waals surface area (Å²) in [5, 5.41) is 15.5. The summed E-state index contributed by atoms with van der Waals surface area (Å²) in [5.41, 5.74) is 1.79.